The van der Waals surface area contributed by atoms with Gasteiger partial charge in [0, 0.05) is 37.2 Å². The second kappa shape index (κ2) is 10.6. The van der Waals surface area contributed by atoms with Gasteiger partial charge < -0.3 is 4.90 Å². The number of benzene rings is 1. The largest absolute Gasteiger partial charge is 0.372 e. The topological polar surface area (TPSA) is 78.8 Å². The lowest BCUT2D eigenvalue weighted by atomic mass is 10.0. The monoisotopic (exact) mass is 345 g/mol. The molecule has 0 bridgehead atoms. The number of anilines is 1. The second-order valence-corrected chi connectivity index (χ2v) is 6.56. The van der Waals surface area contributed by atoms with Crippen molar-refractivity contribution in [2.45, 2.75) is 57.8 Å². The molecule has 1 aliphatic heterocycles. The highest BCUT2D eigenvalue weighted by molar-refractivity contribution is 5.96. The Balaban J connectivity index is 1.65. The number of hydrogen-bond donors (Lipinski definition) is 1. The van der Waals surface area contributed by atoms with Crippen LogP contribution < -0.4 is 10.3 Å². The van der Waals surface area contributed by atoms with E-state index in [-0.39, 0.29) is 11.7 Å². The average molecular weight is 345 g/mol. The first-order chi connectivity index (χ1) is 12.2. The first-order valence-electron chi connectivity index (χ1n) is 9.20. The van der Waals surface area contributed by atoms with Crippen LogP contribution >= 0.6 is 0 Å². The van der Waals surface area contributed by atoms with Crippen molar-refractivity contribution in [3.05, 3.63) is 34.7 Å². The summed E-state index contributed by atoms with van der Waals surface area (Å²) >= 11 is 0. The molecule has 0 aromatic heterocycles. The number of unbranched alkanes of at least 4 members (excludes halogenated alkanes) is 3. The van der Waals surface area contributed by atoms with Crippen molar-refractivity contribution in [1.82, 2.24) is 5.43 Å². The van der Waals surface area contributed by atoms with Crippen LogP contribution in [0.1, 0.15) is 68.1 Å². The van der Waals surface area contributed by atoms with Crippen molar-refractivity contribution in [2.24, 2.45) is 5.29 Å². The van der Waals surface area contributed by atoms with Crippen LogP contribution in [-0.4, -0.2) is 24.8 Å². The Hall–Kier alpha value is -2.24. The minimum absolute atomic E-state index is 0.174. The van der Waals surface area contributed by atoms with Crippen molar-refractivity contribution in [3.63, 3.8) is 0 Å². The van der Waals surface area contributed by atoms with Gasteiger partial charge in [-0.15, -0.1) is 4.91 Å². The average Bonchev–Trinajstić information content (AvgIpc) is 2.65. The maximum Gasteiger partial charge on any atom is 0.242 e. The molecule has 1 saturated heterocycles. The molecule has 6 heteroatoms. The summed E-state index contributed by atoms with van der Waals surface area (Å²) in [5.74, 6) is -0.173. The van der Waals surface area contributed by atoms with Crippen molar-refractivity contribution in [3.8, 4) is 0 Å². The van der Waals surface area contributed by atoms with Crippen LogP contribution in [0.15, 0.2) is 29.6 Å². The molecule has 0 spiro atoms. The molecule has 1 amide bonds. The molecule has 0 saturated carbocycles. The molecule has 1 fully saturated rings. The van der Waals surface area contributed by atoms with E-state index in [1.54, 1.807) is 0 Å². The number of nitroso groups, excluding NO2 is 1. The van der Waals surface area contributed by atoms with Crippen molar-refractivity contribution in [2.75, 3.05) is 18.0 Å². The van der Waals surface area contributed by atoms with Crippen molar-refractivity contribution >= 4 is 17.4 Å². The summed E-state index contributed by atoms with van der Waals surface area (Å²) in [5, 5.41) is 2.35. The minimum Gasteiger partial charge on any atom is -0.372 e. The molecule has 1 aromatic carbocycles. The Bertz CT molecular complexity index is 566. The number of carbonyl (C=O) groups excluding carboxylic acids is 2. The van der Waals surface area contributed by atoms with Crippen LogP contribution in [0, 0.1) is 4.91 Å². The first kappa shape index (κ1) is 19.1. The summed E-state index contributed by atoms with van der Waals surface area (Å²) in [5.41, 5.74) is 3.86. The van der Waals surface area contributed by atoms with Gasteiger partial charge in [0.2, 0.25) is 5.91 Å². The van der Waals surface area contributed by atoms with Crippen LogP contribution in [0.3, 0.4) is 0 Å². The molecule has 6 nitrogen and oxygen atoms in total. The Morgan fingerprint density at radius 2 is 1.56 bits per heavy atom. The summed E-state index contributed by atoms with van der Waals surface area (Å²) in [4.78, 5) is 35.5. The van der Waals surface area contributed by atoms with Crippen LogP contribution in [0.25, 0.3) is 0 Å². The first-order valence-corrected chi connectivity index (χ1v) is 9.20. The molecule has 0 radical (unpaired) electrons. The van der Waals surface area contributed by atoms with E-state index >= 15 is 0 Å². The van der Waals surface area contributed by atoms with Gasteiger partial charge in [-0.05, 0) is 56.4 Å². The Labute approximate surface area is 148 Å². The third-order valence-corrected chi connectivity index (χ3v) is 4.64. The third kappa shape index (κ3) is 6.64. The lowest BCUT2D eigenvalue weighted by Crippen LogP contribution is -2.29. The SMILES string of the molecule is O=NNC(=O)CCCCCCC(=O)c1ccc(N2CCCCC2)cc1. The summed E-state index contributed by atoms with van der Waals surface area (Å²) in [6.45, 7) is 2.21. The smallest absolute Gasteiger partial charge is 0.242 e. The standard InChI is InChI=1S/C19H27N3O3/c23-18(8-4-1-2-5-9-19(24)20-21-25)16-10-12-17(13-11-16)22-14-6-3-7-15-22/h10-13H,1-9,14-15H2,(H,20,24,25). The van der Waals surface area contributed by atoms with Gasteiger partial charge >= 0.3 is 0 Å². The molecule has 136 valence electrons. The molecule has 1 N–H and O–H groups in total. The molecule has 2 rings (SSSR count). The van der Waals surface area contributed by atoms with Crippen LogP contribution in [0.2, 0.25) is 0 Å². The highest BCUT2D eigenvalue weighted by atomic mass is 16.3. The quantitative estimate of drug-likeness (QED) is 0.301. The number of piperidine rings is 1. The number of carbonyl (C=O) groups is 2. The summed E-state index contributed by atoms with van der Waals surface area (Å²) in [7, 11) is 0. The molecule has 0 aliphatic carbocycles. The number of ketones is 1. The lowest BCUT2D eigenvalue weighted by molar-refractivity contribution is -0.121. The van der Waals surface area contributed by atoms with E-state index in [1.807, 2.05) is 17.6 Å². The molecular weight excluding hydrogens is 318 g/mol. The molecule has 1 heterocycles. The molecule has 1 aromatic rings. The van der Waals surface area contributed by atoms with E-state index < -0.39 is 0 Å². The maximum atomic E-state index is 12.2. The van der Waals surface area contributed by atoms with Crippen molar-refractivity contribution in [1.29, 1.82) is 0 Å². The number of hydrogen-bond acceptors (Lipinski definition) is 5. The fraction of sp³-hybridized carbons (Fsp3) is 0.579. The summed E-state index contributed by atoms with van der Waals surface area (Å²) in [6, 6.07) is 7.97. The number of Topliss-reactive ketones (excluding diaryl/α,β-unsaturated/α-hetero) is 1. The van der Waals surface area contributed by atoms with Gasteiger partial charge in [-0.25, -0.2) is 5.43 Å². The maximum absolute atomic E-state index is 12.2. The molecule has 0 unspecified atom stereocenters. The fourth-order valence-electron chi connectivity index (χ4n) is 3.19. The molecule has 0 atom stereocenters. The van der Waals surface area contributed by atoms with Gasteiger partial charge in [-0.3, -0.25) is 9.59 Å². The van der Waals surface area contributed by atoms with Crippen molar-refractivity contribution < 1.29 is 9.59 Å². The molecule has 1 aliphatic rings. The van der Waals surface area contributed by atoms with E-state index in [9.17, 15) is 14.5 Å². The molecule has 25 heavy (non-hydrogen) atoms. The normalized spacial score (nSPS) is 14.2. The number of nitrogens with one attached hydrogen (secondary N) is 1. The zero-order valence-corrected chi connectivity index (χ0v) is 14.7. The van der Waals surface area contributed by atoms with Gasteiger partial charge in [0.05, 0.1) is 5.29 Å². The zero-order valence-electron chi connectivity index (χ0n) is 14.7. The molecular formula is C19H27N3O3. The lowest BCUT2D eigenvalue weighted by Gasteiger charge is -2.28. The van der Waals surface area contributed by atoms with Gasteiger partial charge in [-0.1, -0.05) is 12.8 Å². The van der Waals surface area contributed by atoms with E-state index in [2.05, 4.69) is 22.3 Å². The summed E-state index contributed by atoms with van der Waals surface area (Å²) in [6.07, 6.45) is 7.93. The van der Waals surface area contributed by atoms with Crippen LogP contribution in [0.5, 0.6) is 0 Å². The van der Waals surface area contributed by atoms with E-state index in [0.717, 1.165) is 37.9 Å². The summed E-state index contributed by atoms with van der Waals surface area (Å²) < 4.78 is 0. The Morgan fingerprint density at radius 1 is 0.920 bits per heavy atom. The van der Waals surface area contributed by atoms with Gasteiger partial charge in [0.25, 0.3) is 0 Å². The van der Waals surface area contributed by atoms with E-state index in [0.29, 0.717) is 19.3 Å². The van der Waals surface area contributed by atoms with E-state index in [1.165, 1.54) is 24.9 Å². The second-order valence-electron chi connectivity index (χ2n) is 6.56. The van der Waals surface area contributed by atoms with Gasteiger partial charge in [0.1, 0.15) is 0 Å². The minimum atomic E-state index is -0.347. The number of amides is 1. The third-order valence-electron chi connectivity index (χ3n) is 4.64. The fourth-order valence-corrected chi connectivity index (χ4v) is 3.19. The predicted octanol–water partition coefficient (Wildman–Crippen LogP) is 4.00. The Morgan fingerprint density at radius 3 is 2.20 bits per heavy atom. The van der Waals surface area contributed by atoms with Gasteiger partial charge in [0.15, 0.2) is 5.78 Å². The van der Waals surface area contributed by atoms with E-state index in [4.69, 9.17) is 0 Å². The Kier molecular flexibility index (Phi) is 8.09. The highest BCUT2D eigenvalue weighted by Crippen LogP contribution is 2.21. The van der Waals surface area contributed by atoms with Gasteiger partial charge in [-0.2, -0.15) is 0 Å². The van der Waals surface area contributed by atoms with Crippen LogP contribution in [0.4, 0.5) is 5.69 Å². The van der Waals surface area contributed by atoms with Crippen LogP contribution in [-0.2, 0) is 4.79 Å². The number of rotatable bonds is 10. The highest BCUT2D eigenvalue weighted by Gasteiger charge is 2.12. The zero-order chi connectivity index (χ0) is 17.9. The number of nitrogens with zero attached hydrogens (tertiary/aromatic N) is 2. The predicted molar refractivity (Wildman–Crippen MR) is 98.5 cm³/mol.